The lowest BCUT2D eigenvalue weighted by atomic mass is 10.1. The summed E-state index contributed by atoms with van der Waals surface area (Å²) in [5.74, 6) is 0.0803. The lowest BCUT2D eigenvalue weighted by Gasteiger charge is -2.34. The Kier molecular flexibility index (Phi) is 5.26. The van der Waals surface area contributed by atoms with Crippen LogP contribution in [0.3, 0.4) is 0 Å². The van der Waals surface area contributed by atoms with Crippen LogP contribution in [-0.4, -0.2) is 51.7 Å². The number of hydrogen-bond acceptors (Lipinski definition) is 3. The minimum Gasteiger partial charge on any atom is -0.336 e. The van der Waals surface area contributed by atoms with Crippen LogP contribution < -0.4 is 0 Å². The second-order valence-corrected chi connectivity index (χ2v) is 7.40. The first-order chi connectivity index (χ1) is 13.6. The highest BCUT2D eigenvalue weighted by atomic mass is 16.2. The fraction of sp³-hybridized carbons (Fsp3) is 0.304. The van der Waals surface area contributed by atoms with E-state index in [1.54, 1.807) is 6.20 Å². The van der Waals surface area contributed by atoms with E-state index in [1.807, 2.05) is 40.8 Å². The van der Waals surface area contributed by atoms with E-state index in [2.05, 4.69) is 47.3 Å². The number of benzene rings is 2. The van der Waals surface area contributed by atoms with Gasteiger partial charge in [-0.1, -0.05) is 48.5 Å². The molecule has 5 nitrogen and oxygen atoms in total. The van der Waals surface area contributed by atoms with Crippen LogP contribution in [0.25, 0.3) is 5.69 Å². The molecular formula is C23H26N4O. The number of amides is 1. The maximum absolute atomic E-state index is 13.1. The molecule has 2 heterocycles. The average Bonchev–Trinajstić information content (AvgIpc) is 3.10. The number of aromatic nitrogens is 2. The van der Waals surface area contributed by atoms with Gasteiger partial charge in [0.25, 0.3) is 5.91 Å². The van der Waals surface area contributed by atoms with Crippen LogP contribution in [0.15, 0.2) is 60.8 Å². The first-order valence-electron chi connectivity index (χ1n) is 9.79. The average molecular weight is 374 g/mol. The number of carbonyl (C=O) groups is 1. The molecule has 2 aromatic carbocycles. The van der Waals surface area contributed by atoms with Gasteiger partial charge in [0.05, 0.1) is 23.1 Å². The van der Waals surface area contributed by atoms with Crippen molar-refractivity contribution in [3.63, 3.8) is 0 Å². The second kappa shape index (κ2) is 7.98. The van der Waals surface area contributed by atoms with Crippen molar-refractivity contribution in [3.8, 4) is 5.69 Å². The van der Waals surface area contributed by atoms with E-state index in [9.17, 15) is 4.79 Å². The molecule has 3 aromatic rings. The summed E-state index contributed by atoms with van der Waals surface area (Å²) >= 11 is 0. The summed E-state index contributed by atoms with van der Waals surface area (Å²) in [6.45, 7) is 8.26. The smallest absolute Gasteiger partial charge is 0.257 e. The van der Waals surface area contributed by atoms with Crippen LogP contribution in [0.1, 0.15) is 27.2 Å². The highest BCUT2D eigenvalue weighted by molar-refractivity contribution is 5.95. The summed E-state index contributed by atoms with van der Waals surface area (Å²) in [6, 6.07) is 18.6. The van der Waals surface area contributed by atoms with Crippen molar-refractivity contribution in [1.29, 1.82) is 0 Å². The molecule has 4 rings (SSSR count). The van der Waals surface area contributed by atoms with Crippen molar-refractivity contribution in [2.45, 2.75) is 20.4 Å². The lowest BCUT2D eigenvalue weighted by Crippen LogP contribution is -2.48. The third-order valence-corrected chi connectivity index (χ3v) is 5.49. The minimum atomic E-state index is 0.0803. The standard InChI is InChI=1S/C23H26N4O/c1-18-8-6-7-11-22(18)27-19(2)21(16-24-27)23(28)26-14-12-25(13-15-26)17-20-9-4-3-5-10-20/h3-11,16H,12-15,17H2,1-2H3. The number of aryl methyl sites for hydroxylation is 1. The zero-order valence-corrected chi connectivity index (χ0v) is 16.5. The Bertz CT molecular complexity index is 956. The van der Waals surface area contributed by atoms with E-state index in [1.165, 1.54) is 5.56 Å². The summed E-state index contributed by atoms with van der Waals surface area (Å²) < 4.78 is 1.87. The van der Waals surface area contributed by atoms with Crippen LogP contribution >= 0.6 is 0 Å². The normalized spacial score (nSPS) is 15.0. The van der Waals surface area contributed by atoms with Crippen molar-refractivity contribution in [2.75, 3.05) is 26.2 Å². The summed E-state index contributed by atoms with van der Waals surface area (Å²) in [5, 5.41) is 4.49. The van der Waals surface area contributed by atoms with Crippen LogP contribution in [0, 0.1) is 13.8 Å². The lowest BCUT2D eigenvalue weighted by molar-refractivity contribution is 0.0627. The van der Waals surface area contributed by atoms with Gasteiger partial charge in [-0.25, -0.2) is 4.68 Å². The predicted molar refractivity (Wildman–Crippen MR) is 111 cm³/mol. The summed E-state index contributed by atoms with van der Waals surface area (Å²) in [5.41, 5.74) is 5.07. The third-order valence-electron chi connectivity index (χ3n) is 5.49. The van der Waals surface area contributed by atoms with Gasteiger partial charge < -0.3 is 4.90 Å². The van der Waals surface area contributed by atoms with Gasteiger partial charge in [0.15, 0.2) is 0 Å². The van der Waals surface area contributed by atoms with E-state index >= 15 is 0 Å². The van der Waals surface area contributed by atoms with Crippen molar-refractivity contribution >= 4 is 5.91 Å². The Hall–Kier alpha value is -2.92. The maximum Gasteiger partial charge on any atom is 0.257 e. The topological polar surface area (TPSA) is 41.4 Å². The van der Waals surface area contributed by atoms with Crippen LogP contribution in [-0.2, 0) is 6.54 Å². The zero-order chi connectivity index (χ0) is 19.5. The van der Waals surface area contributed by atoms with E-state index in [0.717, 1.165) is 49.7 Å². The summed E-state index contributed by atoms with van der Waals surface area (Å²) in [7, 11) is 0. The van der Waals surface area contributed by atoms with Crippen molar-refractivity contribution in [3.05, 3.63) is 83.2 Å². The molecule has 0 unspecified atom stereocenters. The molecule has 1 aromatic heterocycles. The fourth-order valence-corrected chi connectivity index (χ4v) is 3.78. The number of piperazine rings is 1. The molecule has 5 heteroatoms. The SMILES string of the molecule is Cc1ccccc1-n1ncc(C(=O)N2CCN(Cc3ccccc3)CC2)c1C. The number of carbonyl (C=O) groups excluding carboxylic acids is 1. The molecule has 0 spiro atoms. The Morgan fingerprint density at radius 3 is 2.32 bits per heavy atom. The Balaban J connectivity index is 1.43. The number of hydrogen-bond donors (Lipinski definition) is 0. The molecule has 1 aliphatic rings. The van der Waals surface area contributed by atoms with Crippen molar-refractivity contribution < 1.29 is 4.79 Å². The van der Waals surface area contributed by atoms with E-state index in [4.69, 9.17) is 0 Å². The predicted octanol–water partition coefficient (Wildman–Crippen LogP) is 3.45. The summed E-state index contributed by atoms with van der Waals surface area (Å²) in [4.78, 5) is 17.4. The van der Waals surface area contributed by atoms with Gasteiger partial charge in [-0.3, -0.25) is 9.69 Å². The van der Waals surface area contributed by atoms with Crippen LogP contribution in [0.2, 0.25) is 0 Å². The maximum atomic E-state index is 13.1. The quantitative estimate of drug-likeness (QED) is 0.702. The molecule has 144 valence electrons. The van der Waals surface area contributed by atoms with Crippen molar-refractivity contribution in [1.82, 2.24) is 19.6 Å². The molecule has 0 atom stereocenters. The largest absolute Gasteiger partial charge is 0.336 e. The molecule has 1 fully saturated rings. The van der Waals surface area contributed by atoms with Gasteiger partial charge in [-0.05, 0) is 31.0 Å². The fourth-order valence-electron chi connectivity index (χ4n) is 3.78. The second-order valence-electron chi connectivity index (χ2n) is 7.40. The molecular weight excluding hydrogens is 348 g/mol. The molecule has 1 amide bonds. The monoisotopic (exact) mass is 374 g/mol. The molecule has 0 N–H and O–H groups in total. The molecule has 0 radical (unpaired) electrons. The molecule has 28 heavy (non-hydrogen) atoms. The van der Waals surface area contributed by atoms with E-state index in [0.29, 0.717) is 5.56 Å². The highest BCUT2D eigenvalue weighted by Crippen LogP contribution is 2.19. The molecule has 0 bridgehead atoms. The molecule has 1 aliphatic heterocycles. The van der Waals surface area contributed by atoms with Gasteiger partial charge in [0.1, 0.15) is 0 Å². The van der Waals surface area contributed by atoms with Crippen LogP contribution in [0.5, 0.6) is 0 Å². The molecule has 1 saturated heterocycles. The first-order valence-corrected chi connectivity index (χ1v) is 9.79. The Morgan fingerprint density at radius 1 is 0.929 bits per heavy atom. The third kappa shape index (κ3) is 3.71. The number of para-hydroxylation sites is 1. The zero-order valence-electron chi connectivity index (χ0n) is 16.5. The van der Waals surface area contributed by atoms with Gasteiger partial charge >= 0.3 is 0 Å². The van der Waals surface area contributed by atoms with Gasteiger partial charge in [0, 0.05) is 32.7 Å². The first kappa shape index (κ1) is 18.4. The highest BCUT2D eigenvalue weighted by Gasteiger charge is 2.25. The van der Waals surface area contributed by atoms with Crippen molar-refractivity contribution in [2.24, 2.45) is 0 Å². The molecule has 0 saturated carbocycles. The Morgan fingerprint density at radius 2 is 1.61 bits per heavy atom. The van der Waals surface area contributed by atoms with Gasteiger partial charge in [-0.2, -0.15) is 5.10 Å². The van der Waals surface area contributed by atoms with E-state index < -0.39 is 0 Å². The molecule has 0 aliphatic carbocycles. The number of rotatable bonds is 4. The number of nitrogens with zero attached hydrogens (tertiary/aromatic N) is 4. The van der Waals surface area contributed by atoms with Gasteiger partial charge in [0.2, 0.25) is 0 Å². The minimum absolute atomic E-state index is 0.0803. The van der Waals surface area contributed by atoms with Gasteiger partial charge in [-0.15, -0.1) is 0 Å². The van der Waals surface area contributed by atoms with E-state index in [-0.39, 0.29) is 5.91 Å². The Labute approximate surface area is 166 Å². The summed E-state index contributed by atoms with van der Waals surface area (Å²) in [6.07, 6.45) is 1.71. The van der Waals surface area contributed by atoms with Crippen LogP contribution in [0.4, 0.5) is 0 Å².